The average Bonchev–Trinajstić information content (AvgIpc) is 3.46. The van der Waals surface area contributed by atoms with E-state index in [1.807, 2.05) is 12.4 Å². The molecular weight excluding hydrogens is 432 g/mol. The van der Waals surface area contributed by atoms with Crippen molar-refractivity contribution in [1.29, 1.82) is 0 Å². The van der Waals surface area contributed by atoms with Crippen LogP contribution >= 0.6 is 0 Å². The Morgan fingerprint density at radius 3 is 1.71 bits per heavy atom. The maximum Gasteiger partial charge on any atom is 0.0784 e. The molecule has 4 N–H and O–H groups in total. The van der Waals surface area contributed by atoms with Crippen LogP contribution in [-0.2, 0) is 13.1 Å². The van der Waals surface area contributed by atoms with E-state index in [1.54, 1.807) is 0 Å². The van der Waals surface area contributed by atoms with E-state index in [2.05, 4.69) is 75.5 Å². The summed E-state index contributed by atoms with van der Waals surface area (Å²) in [5, 5.41) is 4.93. The lowest BCUT2D eigenvalue weighted by Crippen LogP contribution is -2.25. The molecule has 4 aromatic heterocycles. The molecule has 0 saturated carbocycles. The number of benzene rings is 2. The van der Waals surface area contributed by atoms with Gasteiger partial charge in [-0.25, -0.2) is 0 Å². The van der Waals surface area contributed by atoms with E-state index in [-0.39, 0.29) is 0 Å². The number of H-pyrrole nitrogens is 2. The summed E-state index contributed by atoms with van der Waals surface area (Å²) in [6, 6.07) is 21.1. The third-order valence-corrected chi connectivity index (χ3v) is 6.94. The number of hydrogen-bond acceptors (Lipinski definition) is 4. The number of fused-ring (bicyclic) bond motifs is 6. The van der Waals surface area contributed by atoms with Crippen LogP contribution in [0.3, 0.4) is 0 Å². The third-order valence-electron chi connectivity index (χ3n) is 6.94. The zero-order chi connectivity index (χ0) is 23.6. The quantitative estimate of drug-likeness (QED) is 0.234. The van der Waals surface area contributed by atoms with Gasteiger partial charge in [0.05, 0.1) is 22.4 Å². The van der Waals surface area contributed by atoms with Crippen molar-refractivity contribution in [3.63, 3.8) is 0 Å². The first-order chi connectivity index (χ1) is 17.3. The van der Waals surface area contributed by atoms with Gasteiger partial charge in [0.15, 0.2) is 0 Å². The first-order valence-electron chi connectivity index (χ1n) is 12.4. The summed E-state index contributed by atoms with van der Waals surface area (Å²) in [6.45, 7) is 3.22. The van der Waals surface area contributed by atoms with Gasteiger partial charge in [-0.05, 0) is 50.2 Å². The lowest BCUT2D eigenvalue weighted by Gasteiger charge is -2.22. The second-order valence-corrected chi connectivity index (χ2v) is 9.26. The summed E-state index contributed by atoms with van der Waals surface area (Å²) >= 11 is 0. The molecule has 0 radical (unpaired) electrons. The summed E-state index contributed by atoms with van der Waals surface area (Å²) < 4.78 is 0. The minimum absolute atomic E-state index is 0.742. The average molecular weight is 463 g/mol. The predicted octanol–water partition coefficient (Wildman–Crippen LogP) is 5.88. The number of hydrogen-bond donors (Lipinski definition) is 3. The molecule has 6 aromatic rings. The molecule has 0 bridgehead atoms. The Morgan fingerprint density at radius 1 is 0.629 bits per heavy atom. The molecule has 0 aliphatic carbocycles. The molecule has 0 aliphatic rings. The van der Waals surface area contributed by atoms with Crippen LogP contribution in [0.5, 0.6) is 0 Å². The Labute approximate surface area is 204 Å². The van der Waals surface area contributed by atoms with E-state index >= 15 is 0 Å². The standard InChI is InChI=1S/C29H30N6/c30-14-6-1-7-17-35(18-26-28-22(12-15-31-26)20-8-2-4-10-24(20)33-28)19-27-29-23(13-16-32-27)21-9-3-5-11-25(21)34-29/h2-5,8-13,15-16,33-34H,1,6-7,14,17-19,30H2. The Balaban J connectivity index is 1.36. The second kappa shape index (κ2) is 9.49. The number of unbranched alkanes of at least 4 members (excludes halogenated alkanes) is 2. The minimum Gasteiger partial charge on any atom is -0.353 e. The minimum atomic E-state index is 0.742. The highest BCUT2D eigenvalue weighted by Gasteiger charge is 2.16. The summed E-state index contributed by atoms with van der Waals surface area (Å²) in [6.07, 6.45) is 7.14. The van der Waals surface area contributed by atoms with Crippen LogP contribution in [0.25, 0.3) is 43.6 Å². The van der Waals surface area contributed by atoms with Crippen LogP contribution in [0.1, 0.15) is 30.7 Å². The van der Waals surface area contributed by atoms with E-state index in [1.165, 1.54) is 21.5 Å². The van der Waals surface area contributed by atoms with Gasteiger partial charge in [0.25, 0.3) is 0 Å². The molecule has 0 unspecified atom stereocenters. The maximum atomic E-state index is 5.75. The molecule has 0 amide bonds. The Hall–Kier alpha value is -3.74. The SMILES string of the molecule is NCCCCCN(Cc1nccc2c1[nH]c1ccccc12)Cc1nccc2c1[nH]c1ccccc12. The zero-order valence-electron chi connectivity index (χ0n) is 19.8. The lowest BCUT2D eigenvalue weighted by molar-refractivity contribution is 0.246. The Kier molecular flexibility index (Phi) is 5.90. The van der Waals surface area contributed by atoms with E-state index in [4.69, 9.17) is 15.7 Å². The van der Waals surface area contributed by atoms with Gasteiger partial charge in [-0.3, -0.25) is 14.9 Å². The van der Waals surface area contributed by atoms with Crippen LogP contribution in [0.2, 0.25) is 0 Å². The molecule has 35 heavy (non-hydrogen) atoms. The fraction of sp³-hybridized carbons (Fsp3) is 0.241. The monoisotopic (exact) mass is 462 g/mol. The summed E-state index contributed by atoms with van der Waals surface area (Å²) in [5.74, 6) is 0. The molecule has 0 atom stereocenters. The summed E-state index contributed by atoms with van der Waals surface area (Å²) in [7, 11) is 0. The molecule has 0 aliphatic heterocycles. The van der Waals surface area contributed by atoms with Gasteiger partial charge in [-0.1, -0.05) is 42.8 Å². The Morgan fingerprint density at radius 2 is 1.17 bits per heavy atom. The normalized spacial score (nSPS) is 12.1. The fourth-order valence-electron chi connectivity index (χ4n) is 5.20. The number of nitrogens with one attached hydrogen (secondary N) is 2. The molecule has 6 rings (SSSR count). The first-order valence-corrected chi connectivity index (χ1v) is 12.4. The lowest BCUT2D eigenvalue weighted by atomic mass is 10.1. The van der Waals surface area contributed by atoms with Crippen molar-refractivity contribution in [1.82, 2.24) is 24.8 Å². The number of nitrogens with zero attached hydrogens (tertiary/aromatic N) is 3. The molecule has 0 saturated heterocycles. The van der Waals surface area contributed by atoms with Gasteiger partial charge in [-0.2, -0.15) is 0 Å². The van der Waals surface area contributed by atoms with E-state index in [0.717, 1.165) is 78.9 Å². The molecule has 0 fully saturated rings. The molecule has 4 heterocycles. The highest BCUT2D eigenvalue weighted by molar-refractivity contribution is 6.08. The number of para-hydroxylation sites is 2. The topological polar surface area (TPSA) is 86.6 Å². The van der Waals surface area contributed by atoms with Crippen LogP contribution in [0.4, 0.5) is 0 Å². The molecule has 0 spiro atoms. The molecular formula is C29H30N6. The maximum absolute atomic E-state index is 5.75. The van der Waals surface area contributed by atoms with Crippen molar-refractivity contribution in [3.8, 4) is 0 Å². The van der Waals surface area contributed by atoms with Gasteiger partial charge in [0.2, 0.25) is 0 Å². The van der Waals surface area contributed by atoms with E-state index in [0.29, 0.717) is 0 Å². The molecule has 2 aromatic carbocycles. The Bertz CT molecular complexity index is 1500. The second-order valence-electron chi connectivity index (χ2n) is 9.26. The van der Waals surface area contributed by atoms with Crippen LogP contribution < -0.4 is 5.73 Å². The van der Waals surface area contributed by atoms with Gasteiger partial charge in [-0.15, -0.1) is 0 Å². The smallest absolute Gasteiger partial charge is 0.0784 e. The van der Waals surface area contributed by atoms with Crippen LogP contribution in [-0.4, -0.2) is 37.9 Å². The van der Waals surface area contributed by atoms with Crippen molar-refractivity contribution in [2.45, 2.75) is 32.4 Å². The van der Waals surface area contributed by atoms with Crippen molar-refractivity contribution in [2.75, 3.05) is 13.1 Å². The molecule has 6 nitrogen and oxygen atoms in total. The van der Waals surface area contributed by atoms with E-state index in [9.17, 15) is 0 Å². The number of nitrogens with two attached hydrogens (primary N) is 1. The third kappa shape index (κ3) is 4.16. The highest BCUT2D eigenvalue weighted by Crippen LogP contribution is 2.29. The molecule has 6 heteroatoms. The van der Waals surface area contributed by atoms with E-state index < -0.39 is 0 Å². The van der Waals surface area contributed by atoms with Crippen LogP contribution in [0, 0.1) is 0 Å². The highest BCUT2D eigenvalue weighted by atomic mass is 15.1. The van der Waals surface area contributed by atoms with Gasteiger partial charge in [0.1, 0.15) is 0 Å². The van der Waals surface area contributed by atoms with Crippen molar-refractivity contribution >= 4 is 43.6 Å². The van der Waals surface area contributed by atoms with Crippen molar-refractivity contribution in [3.05, 3.63) is 84.4 Å². The van der Waals surface area contributed by atoms with Gasteiger partial charge >= 0.3 is 0 Å². The molecule has 176 valence electrons. The number of aromatic amines is 2. The van der Waals surface area contributed by atoms with Crippen molar-refractivity contribution in [2.24, 2.45) is 5.73 Å². The first kappa shape index (κ1) is 21.8. The predicted molar refractivity (Wildman–Crippen MR) is 144 cm³/mol. The summed E-state index contributed by atoms with van der Waals surface area (Å²) in [4.78, 5) is 19.3. The van der Waals surface area contributed by atoms with Crippen LogP contribution in [0.15, 0.2) is 73.1 Å². The fourth-order valence-corrected chi connectivity index (χ4v) is 5.20. The zero-order valence-corrected chi connectivity index (χ0v) is 19.8. The summed E-state index contributed by atoms with van der Waals surface area (Å²) in [5.41, 5.74) is 12.4. The van der Waals surface area contributed by atoms with Crippen molar-refractivity contribution < 1.29 is 0 Å². The number of rotatable bonds is 9. The van der Waals surface area contributed by atoms with Gasteiger partial charge < -0.3 is 15.7 Å². The number of pyridine rings is 2. The van der Waals surface area contributed by atoms with Gasteiger partial charge in [0, 0.05) is 58.1 Å². The largest absolute Gasteiger partial charge is 0.353 e. The number of aromatic nitrogens is 4.